The second-order valence-corrected chi connectivity index (χ2v) is 8.40. The Hall–Kier alpha value is -2.27. The van der Waals surface area contributed by atoms with E-state index in [2.05, 4.69) is 25.8 Å². The Balaban J connectivity index is 1.61. The number of fused-ring (bicyclic) bond motifs is 1. The Bertz CT molecular complexity index is 887. The average Bonchev–Trinajstić information content (AvgIpc) is 3.20. The van der Waals surface area contributed by atoms with E-state index >= 15 is 0 Å². The zero-order valence-electron chi connectivity index (χ0n) is 14.9. The number of hydrogen-bond donors (Lipinski definition) is 2. The van der Waals surface area contributed by atoms with Gasteiger partial charge in [0.2, 0.25) is 10.0 Å². The fourth-order valence-electron chi connectivity index (χ4n) is 2.98. The number of rotatable bonds is 7. The number of amides is 1. The average molecular weight is 381 g/mol. The summed E-state index contributed by atoms with van der Waals surface area (Å²) >= 11 is 0. The van der Waals surface area contributed by atoms with Gasteiger partial charge in [-0.25, -0.2) is 8.42 Å². The molecule has 1 aliphatic rings. The molecule has 0 fully saturated rings. The molecule has 1 aliphatic heterocycles. The largest absolute Gasteiger partial charge is 0.349 e. The first kappa shape index (κ1) is 18.5. The molecule has 0 atom stereocenters. The first-order valence-corrected chi connectivity index (χ1v) is 10.2. The van der Waals surface area contributed by atoms with Gasteiger partial charge < -0.3 is 5.32 Å². The van der Waals surface area contributed by atoms with E-state index in [1.807, 2.05) is 13.8 Å². The van der Waals surface area contributed by atoms with E-state index in [1.54, 1.807) is 10.9 Å². The standard InChI is InChI=1S/C15H23N7O3S/c1-3-8-26(24,25)22-6-4-12-13(10-22)18-19-14(12)15(23)16-5-7-21-9-11(2)17-20-21/h9H,3-8,10H2,1-2H3,(H,16,23)(H,18,19). The SMILES string of the molecule is CCCS(=O)(=O)N1CCc2c(C(=O)NCCn3cc(C)nn3)n[nH]c2C1. The van der Waals surface area contributed by atoms with Crippen LogP contribution in [0.2, 0.25) is 0 Å². The molecule has 2 aromatic heterocycles. The lowest BCUT2D eigenvalue weighted by Gasteiger charge is -2.25. The minimum absolute atomic E-state index is 0.131. The van der Waals surface area contributed by atoms with Crippen LogP contribution in [0.15, 0.2) is 6.20 Å². The van der Waals surface area contributed by atoms with Gasteiger partial charge in [0, 0.05) is 24.8 Å². The van der Waals surface area contributed by atoms with E-state index in [0.717, 1.165) is 11.3 Å². The van der Waals surface area contributed by atoms with Gasteiger partial charge >= 0.3 is 0 Å². The molecule has 3 rings (SSSR count). The third kappa shape index (κ3) is 3.93. The number of H-pyrrole nitrogens is 1. The van der Waals surface area contributed by atoms with Gasteiger partial charge in [-0.15, -0.1) is 5.10 Å². The van der Waals surface area contributed by atoms with Crippen molar-refractivity contribution in [2.45, 2.75) is 39.8 Å². The summed E-state index contributed by atoms with van der Waals surface area (Å²) in [7, 11) is -3.26. The Morgan fingerprint density at radius 3 is 2.92 bits per heavy atom. The molecule has 0 aliphatic carbocycles. The van der Waals surface area contributed by atoms with Crippen LogP contribution in [-0.4, -0.2) is 62.7 Å². The fourth-order valence-corrected chi connectivity index (χ4v) is 4.45. The van der Waals surface area contributed by atoms with Crippen molar-refractivity contribution in [3.63, 3.8) is 0 Å². The van der Waals surface area contributed by atoms with Crippen LogP contribution in [0.4, 0.5) is 0 Å². The molecular formula is C15H23N7O3S. The number of aromatic amines is 1. The summed E-state index contributed by atoms with van der Waals surface area (Å²) in [5.74, 6) is -0.143. The molecule has 0 aromatic carbocycles. The van der Waals surface area contributed by atoms with Gasteiger partial charge in [-0.3, -0.25) is 14.6 Å². The fraction of sp³-hybridized carbons (Fsp3) is 0.600. The monoisotopic (exact) mass is 381 g/mol. The van der Waals surface area contributed by atoms with E-state index in [0.29, 0.717) is 43.9 Å². The van der Waals surface area contributed by atoms with Crippen molar-refractivity contribution in [2.24, 2.45) is 0 Å². The molecule has 11 heteroatoms. The lowest BCUT2D eigenvalue weighted by molar-refractivity contribution is 0.0945. The Morgan fingerprint density at radius 1 is 1.42 bits per heavy atom. The smallest absolute Gasteiger partial charge is 0.272 e. The molecular weight excluding hydrogens is 358 g/mol. The molecule has 1 amide bonds. The molecule has 2 aromatic rings. The Kier molecular flexibility index (Phi) is 5.37. The first-order valence-electron chi connectivity index (χ1n) is 8.59. The normalized spacial score (nSPS) is 15.0. The van der Waals surface area contributed by atoms with Crippen molar-refractivity contribution >= 4 is 15.9 Å². The molecule has 0 bridgehead atoms. The third-order valence-corrected chi connectivity index (χ3v) is 6.27. The summed E-state index contributed by atoms with van der Waals surface area (Å²) in [5.41, 5.74) is 2.64. The van der Waals surface area contributed by atoms with Gasteiger partial charge in [0.05, 0.1) is 30.2 Å². The predicted octanol–water partition coefficient (Wildman–Crippen LogP) is -0.162. The maximum absolute atomic E-state index is 12.4. The highest BCUT2D eigenvalue weighted by Gasteiger charge is 2.30. The number of aromatic nitrogens is 5. The maximum atomic E-state index is 12.4. The molecule has 142 valence electrons. The van der Waals surface area contributed by atoms with Gasteiger partial charge in [0.15, 0.2) is 5.69 Å². The van der Waals surface area contributed by atoms with Crippen LogP contribution < -0.4 is 5.32 Å². The molecule has 10 nitrogen and oxygen atoms in total. The van der Waals surface area contributed by atoms with Crippen LogP contribution in [0.1, 0.15) is 40.8 Å². The maximum Gasteiger partial charge on any atom is 0.272 e. The second-order valence-electron chi connectivity index (χ2n) is 6.31. The number of carbonyl (C=O) groups is 1. The van der Waals surface area contributed by atoms with E-state index in [1.165, 1.54) is 4.31 Å². The van der Waals surface area contributed by atoms with Crippen molar-refractivity contribution in [3.05, 3.63) is 28.8 Å². The van der Waals surface area contributed by atoms with Crippen molar-refractivity contribution in [3.8, 4) is 0 Å². The number of nitrogens with one attached hydrogen (secondary N) is 2. The minimum Gasteiger partial charge on any atom is -0.349 e. The molecule has 2 N–H and O–H groups in total. The van der Waals surface area contributed by atoms with Crippen molar-refractivity contribution in [1.82, 2.24) is 34.8 Å². The lowest BCUT2D eigenvalue weighted by atomic mass is 10.1. The van der Waals surface area contributed by atoms with Gasteiger partial charge in [0.25, 0.3) is 5.91 Å². The highest BCUT2D eigenvalue weighted by molar-refractivity contribution is 7.89. The van der Waals surface area contributed by atoms with Crippen LogP contribution in [-0.2, 0) is 29.5 Å². The number of hydrogen-bond acceptors (Lipinski definition) is 6. The molecule has 0 saturated carbocycles. The summed E-state index contributed by atoms with van der Waals surface area (Å²) < 4.78 is 27.5. The van der Waals surface area contributed by atoms with Crippen molar-refractivity contribution in [2.75, 3.05) is 18.8 Å². The van der Waals surface area contributed by atoms with E-state index in [-0.39, 0.29) is 18.2 Å². The molecule has 0 spiro atoms. The highest BCUT2D eigenvalue weighted by Crippen LogP contribution is 2.22. The van der Waals surface area contributed by atoms with Gasteiger partial charge in [-0.2, -0.15) is 9.40 Å². The summed E-state index contributed by atoms with van der Waals surface area (Å²) in [6.07, 6.45) is 2.85. The molecule has 0 radical (unpaired) electrons. The van der Waals surface area contributed by atoms with E-state index in [4.69, 9.17) is 0 Å². The van der Waals surface area contributed by atoms with Crippen molar-refractivity contribution < 1.29 is 13.2 Å². The third-order valence-electron chi connectivity index (χ3n) is 4.25. The molecule has 0 unspecified atom stereocenters. The molecule has 3 heterocycles. The van der Waals surface area contributed by atoms with Gasteiger partial charge in [0.1, 0.15) is 0 Å². The number of sulfonamides is 1. The Morgan fingerprint density at radius 2 is 2.23 bits per heavy atom. The summed E-state index contributed by atoms with van der Waals surface area (Å²) in [5, 5.41) is 17.5. The van der Waals surface area contributed by atoms with Crippen molar-refractivity contribution in [1.29, 1.82) is 0 Å². The minimum atomic E-state index is -3.26. The quantitative estimate of drug-likeness (QED) is 0.686. The number of carbonyl (C=O) groups excluding carboxylic acids is 1. The lowest BCUT2D eigenvalue weighted by Crippen LogP contribution is -2.38. The topological polar surface area (TPSA) is 126 Å². The van der Waals surface area contributed by atoms with Gasteiger partial charge in [-0.05, 0) is 19.8 Å². The van der Waals surface area contributed by atoms with Gasteiger partial charge in [-0.1, -0.05) is 12.1 Å². The summed E-state index contributed by atoms with van der Waals surface area (Å²) in [6.45, 7) is 5.21. The van der Waals surface area contributed by atoms with Crippen LogP contribution in [0.25, 0.3) is 0 Å². The van der Waals surface area contributed by atoms with E-state index < -0.39 is 10.0 Å². The molecule has 0 saturated heterocycles. The first-order chi connectivity index (χ1) is 12.4. The summed E-state index contributed by atoms with van der Waals surface area (Å²) in [4.78, 5) is 12.4. The second kappa shape index (κ2) is 7.54. The van der Waals surface area contributed by atoms with E-state index in [9.17, 15) is 13.2 Å². The Labute approximate surface area is 152 Å². The van der Waals surface area contributed by atoms with Crippen LogP contribution in [0.3, 0.4) is 0 Å². The zero-order valence-corrected chi connectivity index (χ0v) is 15.7. The zero-order chi connectivity index (χ0) is 18.7. The molecule has 26 heavy (non-hydrogen) atoms. The number of nitrogens with zero attached hydrogens (tertiary/aromatic N) is 5. The summed E-state index contributed by atoms with van der Waals surface area (Å²) in [6, 6.07) is 0. The van der Waals surface area contributed by atoms with Crippen LogP contribution in [0, 0.1) is 6.92 Å². The van der Waals surface area contributed by atoms with Crippen LogP contribution in [0.5, 0.6) is 0 Å². The highest BCUT2D eigenvalue weighted by atomic mass is 32.2. The van der Waals surface area contributed by atoms with Crippen LogP contribution >= 0.6 is 0 Å². The number of aryl methyl sites for hydroxylation is 1. The predicted molar refractivity (Wildman–Crippen MR) is 93.9 cm³/mol.